The number of nitrogens with one attached hydrogen (secondary N) is 1. The van der Waals surface area contributed by atoms with Gasteiger partial charge in [-0.1, -0.05) is 44.0 Å². The summed E-state index contributed by atoms with van der Waals surface area (Å²) in [4.78, 5) is 11.5. The Kier molecular flexibility index (Phi) is 4.18. The highest BCUT2D eigenvalue weighted by Crippen LogP contribution is 2.23. The van der Waals surface area contributed by atoms with Gasteiger partial charge in [-0.05, 0) is 30.4 Å². The Balaban J connectivity index is 2.07. The minimum Gasteiger partial charge on any atom is -0.349 e. The van der Waals surface area contributed by atoms with E-state index in [0.29, 0.717) is 6.42 Å². The van der Waals surface area contributed by atoms with Crippen LogP contribution in [0.4, 0.5) is 0 Å². The van der Waals surface area contributed by atoms with Gasteiger partial charge in [0.25, 0.3) is 0 Å². The second-order valence-corrected chi connectivity index (χ2v) is 4.86. The van der Waals surface area contributed by atoms with E-state index in [1.807, 2.05) is 0 Å². The first-order chi connectivity index (χ1) is 8.29. The average molecular weight is 231 g/mol. The SMILES string of the molecule is CCCc1ccc(C2CCCCC(=O)N2)cc1. The number of rotatable bonds is 3. The molecule has 2 heteroatoms. The highest BCUT2D eigenvalue weighted by molar-refractivity contribution is 5.76. The normalized spacial score (nSPS) is 20.8. The molecule has 0 spiro atoms. The monoisotopic (exact) mass is 231 g/mol. The van der Waals surface area contributed by atoms with Crippen LogP contribution in [0, 0.1) is 0 Å². The lowest BCUT2D eigenvalue weighted by molar-refractivity contribution is -0.121. The zero-order valence-electron chi connectivity index (χ0n) is 10.5. The fourth-order valence-electron chi connectivity index (χ4n) is 2.43. The lowest BCUT2D eigenvalue weighted by Crippen LogP contribution is -2.25. The van der Waals surface area contributed by atoms with E-state index in [9.17, 15) is 4.79 Å². The maximum atomic E-state index is 11.5. The highest BCUT2D eigenvalue weighted by atomic mass is 16.1. The molecule has 2 rings (SSSR count). The zero-order valence-corrected chi connectivity index (χ0v) is 10.5. The van der Waals surface area contributed by atoms with E-state index in [0.717, 1.165) is 25.7 Å². The first-order valence-corrected chi connectivity index (χ1v) is 6.68. The minimum atomic E-state index is 0.199. The summed E-state index contributed by atoms with van der Waals surface area (Å²) in [6.07, 6.45) is 6.23. The second-order valence-electron chi connectivity index (χ2n) is 4.86. The van der Waals surface area contributed by atoms with E-state index in [1.165, 1.54) is 17.5 Å². The molecule has 0 saturated carbocycles. The Morgan fingerprint density at radius 3 is 2.71 bits per heavy atom. The van der Waals surface area contributed by atoms with Gasteiger partial charge in [-0.3, -0.25) is 4.79 Å². The van der Waals surface area contributed by atoms with Crippen LogP contribution in [0.2, 0.25) is 0 Å². The van der Waals surface area contributed by atoms with Crippen molar-refractivity contribution < 1.29 is 4.79 Å². The molecule has 1 saturated heterocycles. The molecular formula is C15H21NO. The van der Waals surface area contributed by atoms with Crippen molar-refractivity contribution in [2.45, 2.75) is 51.5 Å². The van der Waals surface area contributed by atoms with Gasteiger partial charge in [0.15, 0.2) is 0 Å². The Hall–Kier alpha value is -1.31. The molecule has 17 heavy (non-hydrogen) atoms. The van der Waals surface area contributed by atoms with Crippen molar-refractivity contribution in [2.24, 2.45) is 0 Å². The molecular weight excluding hydrogens is 210 g/mol. The third-order valence-electron chi connectivity index (χ3n) is 3.40. The standard InChI is InChI=1S/C15H21NO/c1-2-5-12-8-10-13(11-9-12)14-6-3-4-7-15(17)16-14/h8-11,14H,2-7H2,1H3,(H,16,17). The van der Waals surface area contributed by atoms with E-state index in [-0.39, 0.29) is 11.9 Å². The predicted molar refractivity (Wildman–Crippen MR) is 69.8 cm³/mol. The molecule has 1 aliphatic rings. The second kappa shape index (κ2) is 5.85. The lowest BCUT2D eigenvalue weighted by Gasteiger charge is -2.16. The quantitative estimate of drug-likeness (QED) is 0.849. The smallest absolute Gasteiger partial charge is 0.220 e. The van der Waals surface area contributed by atoms with Gasteiger partial charge in [0.1, 0.15) is 0 Å². The van der Waals surface area contributed by atoms with E-state index < -0.39 is 0 Å². The van der Waals surface area contributed by atoms with E-state index in [4.69, 9.17) is 0 Å². The summed E-state index contributed by atoms with van der Waals surface area (Å²) in [5, 5.41) is 3.11. The van der Waals surface area contributed by atoms with Crippen LogP contribution < -0.4 is 5.32 Å². The summed E-state index contributed by atoms with van der Waals surface area (Å²) >= 11 is 0. The van der Waals surface area contributed by atoms with Gasteiger partial charge in [-0.25, -0.2) is 0 Å². The van der Waals surface area contributed by atoms with Crippen molar-refractivity contribution in [3.8, 4) is 0 Å². The first-order valence-electron chi connectivity index (χ1n) is 6.68. The number of aryl methyl sites for hydroxylation is 1. The molecule has 1 unspecified atom stereocenters. The number of hydrogen-bond acceptors (Lipinski definition) is 1. The van der Waals surface area contributed by atoms with Gasteiger partial charge < -0.3 is 5.32 Å². The van der Waals surface area contributed by atoms with Gasteiger partial charge in [-0.15, -0.1) is 0 Å². The maximum Gasteiger partial charge on any atom is 0.220 e. The summed E-state index contributed by atoms with van der Waals surface area (Å²) < 4.78 is 0. The molecule has 1 amide bonds. The molecule has 0 aromatic heterocycles. The number of carbonyl (C=O) groups excluding carboxylic acids is 1. The van der Waals surface area contributed by atoms with Crippen LogP contribution in [0.15, 0.2) is 24.3 Å². The van der Waals surface area contributed by atoms with Gasteiger partial charge in [-0.2, -0.15) is 0 Å². The highest BCUT2D eigenvalue weighted by Gasteiger charge is 2.17. The molecule has 1 fully saturated rings. The summed E-state index contributed by atoms with van der Waals surface area (Å²) in [5.41, 5.74) is 2.64. The number of carbonyl (C=O) groups is 1. The van der Waals surface area contributed by atoms with Gasteiger partial charge in [0.2, 0.25) is 5.91 Å². The van der Waals surface area contributed by atoms with Gasteiger partial charge >= 0.3 is 0 Å². The Labute approximate surface area is 103 Å². The predicted octanol–water partition coefficient (Wildman–Crippen LogP) is 3.37. The minimum absolute atomic E-state index is 0.199. The summed E-state index contributed by atoms with van der Waals surface area (Å²) in [7, 11) is 0. The van der Waals surface area contributed by atoms with Gasteiger partial charge in [0, 0.05) is 6.42 Å². The van der Waals surface area contributed by atoms with Crippen LogP contribution in [0.25, 0.3) is 0 Å². The molecule has 92 valence electrons. The Bertz CT molecular complexity index is 369. The van der Waals surface area contributed by atoms with Crippen LogP contribution >= 0.6 is 0 Å². The fraction of sp³-hybridized carbons (Fsp3) is 0.533. The maximum absolute atomic E-state index is 11.5. The molecule has 1 heterocycles. The van der Waals surface area contributed by atoms with E-state index in [1.54, 1.807) is 0 Å². The average Bonchev–Trinajstić information content (AvgIpc) is 2.55. The van der Waals surface area contributed by atoms with Crippen molar-refractivity contribution >= 4 is 5.91 Å². The van der Waals surface area contributed by atoms with Crippen LogP contribution in [-0.4, -0.2) is 5.91 Å². The fourth-order valence-corrected chi connectivity index (χ4v) is 2.43. The molecule has 1 N–H and O–H groups in total. The molecule has 1 atom stereocenters. The zero-order chi connectivity index (χ0) is 12.1. The Morgan fingerprint density at radius 1 is 1.24 bits per heavy atom. The van der Waals surface area contributed by atoms with Crippen molar-refractivity contribution in [1.82, 2.24) is 5.32 Å². The number of benzene rings is 1. The van der Waals surface area contributed by atoms with Crippen molar-refractivity contribution in [1.29, 1.82) is 0 Å². The summed E-state index contributed by atoms with van der Waals surface area (Å²) in [6.45, 7) is 2.19. The molecule has 0 bridgehead atoms. The largest absolute Gasteiger partial charge is 0.349 e. The third kappa shape index (κ3) is 3.32. The molecule has 1 aromatic carbocycles. The molecule has 2 nitrogen and oxygen atoms in total. The Morgan fingerprint density at radius 2 is 2.00 bits per heavy atom. The van der Waals surface area contributed by atoms with Crippen molar-refractivity contribution in [2.75, 3.05) is 0 Å². The van der Waals surface area contributed by atoms with Crippen LogP contribution in [0.1, 0.15) is 56.2 Å². The molecule has 0 radical (unpaired) electrons. The van der Waals surface area contributed by atoms with Crippen LogP contribution in [0.3, 0.4) is 0 Å². The van der Waals surface area contributed by atoms with Crippen LogP contribution in [0.5, 0.6) is 0 Å². The van der Waals surface area contributed by atoms with E-state index in [2.05, 4.69) is 36.5 Å². The molecule has 1 aromatic rings. The summed E-state index contributed by atoms with van der Waals surface area (Å²) in [5.74, 6) is 0.199. The van der Waals surface area contributed by atoms with Crippen molar-refractivity contribution in [3.05, 3.63) is 35.4 Å². The number of hydrogen-bond donors (Lipinski definition) is 1. The molecule has 0 aliphatic carbocycles. The topological polar surface area (TPSA) is 29.1 Å². The first kappa shape index (κ1) is 12.2. The van der Waals surface area contributed by atoms with Crippen LogP contribution in [-0.2, 0) is 11.2 Å². The molecule has 1 aliphatic heterocycles. The van der Waals surface area contributed by atoms with Gasteiger partial charge in [0.05, 0.1) is 6.04 Å². The van der Waals surface area contributed by atoms with Crippen molar-refractivity contribution in [3.63, 3.8) is 0 Å². The third-order valence-corrected chi connectivity index (χ3v) is 3.40. The lowest BCUT2D eigenvalue weighted by atomic mass is 10.00. The van der Waals surface area contributed by atoms with E-state index >= 15 is 0 Å². The number of amides is 1. The summed E-state index contributed by atoms with van der Waals surface area (Å²) in [6, 6.07) is 8.94.